The summed E-state index contributed by atoms with van der Waals surface area (Å²) in [5.74, 6) is 6.68. The van der Waals surface area contributed by atoms with Crippen LogP contribution in [0.3, 0.4) is 0 Å². The fraction of sp³-hybridized carbons (Fsp3) is 0.250. The van der Waals surface area contributed by atoms with E-state index in [4.69, 9.17) is 17.4 Å². The second kappa shape index (κ2) is 8.24. The van der Waals surface area contributed by atoms with Crippen LogP contribution in [0.25, 0.3) is 11.4 Å². The van der Waals surface area contributed by atoms with Gasteiger partial charge in [0.15, 0.2) is 5.82 Å². The Hall–Kier alpha value is -2.51. The fourth-order valence-corrected chi connectivity index (χ4v) is 3.43. The lowest BCUT2D eigenvalue weighted by Crippen LogP contribution is -2.16. The van der Waals surface area contributed by atoms with Gasteiger partial charge < -0.3 is 11.2 Å². The molecule has 3 aromatic rings. The molecule has 3 rings (SSSR count). The monoisotopic (exact) mass is 415 g/mol. The molecule has 0 fully saturated rings. The first-order chi connectivity index (χ1) is 13.2. The van der Waals surface area contributed by atoms with Crippen LogP contribution in [0.15, 0.2) is 53.7 Å². The van der Waals surface area contributed by atoms with E-state index in [9.17, 15) is 4.79 Å². The molecule has 0 saturated heterocycles. The van der Waals surface area contributed by atoms with Crippen molar-refractivity contribution in [3.8, 4) is 11.4 Å². The molecule has 0 saturated carbocycles. The number of nitrogens with zero attached hydrogens (tertiary/aromatic N) is 3. The first-order valence-electron chi connectivity index (χ1n) is 8.73. The number of hydrogen-bond acceptors (Lipinski definition) is 5. The molecule has 0 aliphatic rings. The number of thioether (sulfide) groups is 1. The molecule has 0 radical (unpaired) electrons. The first kappa shape index (κ1) is 20.2. The summed E-state index contributed by atoms with van der Waals surface area (Å²) in [6.07, 6.45) is 0. The standard InChI is InChI=1S/C20H22ClN5OS/c1-20(2,3)14-9-7-13(8-10-14)18-24-25-19(26(18)22)28-12-17(27)23-16-6-4-5-15(21)11-16/h4-11H,12,22H2,1-3H3,(H,23,27). The summed E-state index contributed by atoms with van der Waals surface area (Å²) < 4.78 is 1.41. The average Bonchev–Trinajstić information content (AvgIpc) is 3.00. The van der Waals surface area contributed by atoms with Crippen LogP contribution in [0.2, 0.25) is 5.02 Å². The Morgan fingerprint density at radius 2 is 1.89 bits per heavy atom. The van der Waals surface area contributed by atoms with Gasteiger partial charge in [-0.05, 0) is 29.2 Å². The van der Waals surface area contributed by atoms with E-state index in [-0.39, 0.29) is 17.1 Å². The number of hydrogen-bond donors (Lipinski definition) is 2. The zero-order chi connectivity index (χ0) is 20.3. The maximum Gasteiger partial charge on any atom is 0.234 e. The smallest absolute Gasteiger partial charge is 0.234 e. The van der Waals surface area contributed by atoms with Crippen LogP contribution in [0.1, 0.15) is 26.3 Å². The topological polar surface area (TPSA) is 85.8 Å². The van der Waals surface area contributed by atoms with Gasteiger partial charge in [-0.3, -0.25) is 4.79 Å². The summed E-state index contributed by atoms with van der Waals surface area (Å²) in [6, 6.07) is 15.1. The van der Waals surface area contributed by atoms with Crippen molar-refractivity contribution in [3.63, 3.8) is 0 Å². The molecule has 3 N–H and O–H groups in total. The number of carbonyl (C=O) groups is 1. The van der Waals surface area contributed by atoms with E-state index in [2.05, 4.69) is 48.4 Å². The molecule has 1 amide bonds. The quantitative estimate of drug-likeness (QED) is 0.478. The van der Waals surface area contributed by atoms with Crippen molar-refractivity contribution in [3.05, 3.63) is 59.1 Å². The Kier molecular flexibility index (Phi) is 5.96. The zero-order valence-corrected chi connectivity index (χ0v) is 17.5. The number of nitrogens with one attached hydrogen (secondary N) is 1. The summed E-state index contributed by atoms with van der Waals surface area (Å²) in [5.41, 5.74) is 2.82. The van der Waals surface area contributed by atoms with Crippen LogP contribution in [0, 0.1) is 0 Å². The lowest BCUT2D eigenvalue weighted by molar-refractivity contribution is -0.113. The lowest BCUT2D eigenvalue weighted by Gasteiger charge is -2.19. The SMILES string of the molecule is CC(C)(C)c1ccc(-c2nnc(SCC(=O)Nc3cccc(Cl)c3)n2N)cc1. The van der Waals surface area contributed by atoms with E-state index in [0.717, 1.165) is 5.56 Å². The Morgan fingerprint density at radius 1 is 1.18 bits per heavy atom. The summed E-state index contributed by atoms with van der Waals surface area (Å²) in [5, 5.41) is 12.1. The van der Waals surface area contributed by atoms with Crippen LogP contribution in [0.4, 0.5) is 5.69 Å². The van der Waals surface area contributed by atoms with Crippen LogP contribution < -0.4 is 11.2 Å². The van der Waals surface area contributed by atoms with Gasteiger partial charge in [-0.25, -0.2) is 4.68 Å². The Labute approximate surface area is 173 Å². The van der Waals surface area contributed by atoms with E-state index >= 15 is 0 Å². The first-order valence-corrected chi connectivity index (χ1v) is 10.1. The van der Waals surface area contributed by atoms with Gasteiger partial charge >= 0.3 is 0 Å². The molecule has 0 aliphatic heterocycles. The minimum Gasteiger partial charge on any atom is -0.335 e. The largest absolute Gasteiger partial charge is 0.335 e. The molecule has 6 nitrogen and oxygen atoms in total. The van der Waals surface area contributed by atoms with Gasteiger partial charge in [-0.1, -0.05) is 74.5 Å². The molecule has 1 heterocycles. The van der Waals surface area contributed by atoms with Gasteiger partial charge in [0.25, 0.3) is 0 Å². The van der Waals surface area contributed by atoms with Gasteiger partial charge in [0.1, 0.15) is 0 Å². The maximum absolute atomic E-state index is 12.1. The number of halogens is 1. The molecule has 0 bridgehead atoms. The van der Waals surface area contributed by atoms with Crippen molar-refractivity contribution in [1.29, 1.82) is 0 Å². The molecule has 1 aromatic heterocycles. The highest BCUT2D eigenvalue weighted by atomic mass is 35.5. The molecule has 0 spiro atoms. The highest BCUT2D eigenvalue weighted by Gasteiger charge is 2.16. The van der Waals surface area contributed by atoms with Crippen LogP contribution in [-0.4, -0.2) is 26.5 Å². The molecule has 0 aliphatic carbocycles. The van der Waals surface area contributed by atoms with E-state index in [0.29, 0.717) is 21.7 Å². The maximum atomic E-state index is 12.1. The molecular formula is C20H22ClN5OS. The van der Waals surface area contributed by atoms with Crippen molar-refractivity contribution < 1.29 is 4.79 Å². The molecule has 2 aromatic carbocycles. The van der Waals surface area contributed by atoms with Gasteiger partial charge in [0.2, 0.25) is 11.1 Å². The third-order valence-electron chi connectivity index (χ3n) is 4.11. The van der Waals surface area contributed by atoms with Crippen LogP contribution in [0.5, 0.6) is 0 Å². The molecule has 0 unspecified atom stereocenters. The number of rotatable bonds is 5. The van der Waals surface area contributed by atoms with Gasteiger partial charge in [-0.2, -0.15) is 0 Å². The molecular weight excluding hydrogens is 394 g/mol. The summed E-state index contributed by atoms with van der Waals surface area (Å²) in [4.78, 5) is 12.1. The molecule has 28 heavy (non-hydrogen) atoms. The van der Waals surface area contributed by atoms with E-state index in [1.54, 1.807) is 24.3 Å². The van der Waals surface area contributed by atoms with Crippen molar-refractivity contribution in [1.82, 2.24) is 14.9 Å². The van der Waals surface area contributed by atoms with Crippen LogP contribution in [-0.2, 0) is 10.2 Å². The number of anilines is 1. The minimum atomic E-state index is -0.175. The predicted molar refractivity (Wildman–Crippen MR) is 115 cm³/mol. The second-order valence-electron chi connectivity index (χ2n) is 7.35. The van der Waals surface area contributed by atoms with Gasteiger partial charge in [-0.15, -0.1) is 10.2 Å². The number of nitrogen functional groups attached to an aromatic ring is 1. The highest BCUT2D eigenvalue weighted by molar-refractivity contribution is 7.99. The summed E-state index contributed by atoms with van der Waals surface area (Å²) >= 11 is 7.14. The van der Waals surface area contributed by atoms with Gasteiger partial charge in [0.05, 0.1) is 5.75 Å². The summed E-state index contributed by atoms with van der Waals surface area (Å²) in [6.45, 7) is 6.49. The molecule has 0 atom stereocenters. The average molecular weight is 416 g/mol. The van der Waals surface area contributed by atoms with Crippen molar-refractivity contribution in [2.24, 2.45) is 0 Å². The third kappa shape index (κ3) is 4.85. The van der Waals surface area contributed by atoms with Gasteiger partial charge in [0, 0.05) is 16.3 Å². The molecule has 146 valence electrons. The van der Waals surface area contributed by atoms with Crippen molar-refractivity contribution in [2.45, 2.75) is 31.3 Å². The zero-order valence-electron chi connectivity index (χ0n) is 15.9. The third-order valence-corrected chi connectivity index (χ3v) is 5.29. The van der Waals surface area contributed by atoms with E-state index in [1.165, 1.54) is 22.0 Å². The van der Waals surface area contributed by atoms with E-state index in [1.807, 2.05) is 12.1 Å². The predicted octanol–water partition coefficient (Wildman–Crippen LogP) is 4.34. The summed E-state index contributed by atoms with van der Waals surface area (Å²) in [7, 11) is 0. The Balaban J connectivity index is 1.65. The number of carbonyl (C=O) groups excluding carboxylic acids is 1. The Bertz CT molecular complexity index is 979. The van der Waals surface area contributed by atoms with Crippen LogP contribution >= 0.6 is 23.4 Å². The van der Waals surface area contributed by atoms with Crippen molar-refractivity contribution >= 4 is 35.0 Å². The molecule has 8 heteroatoms. The number of amides is 1. The normalized spacial score (nSPS) is 11.4. The number of aromatic nitrogens is 3. The number of benzene rings is 2. The fourth-order valence-electron chi connectivity index (χ4n) is 2.59. The lowest BCUT2D eigenvalue weighted by atomic mass is 9.87. The Morgan fingerprint density at radius 3 is 2.54 bits per heavy atom. The number of nitrogens with two attached hydrogens (primary N) is 1. The minimum absolute atomic E-state index is 0.0757. The van der Waals surface area contributed by atoms with E-state index < -0.39 is 0 Å². The highest BCUT2D eigenvalue weighted by Crippen LogP contribution is 2.26. The second-order valence-corrected chi connectivity index (χ2v) is 8.73. The van der Waals surface area contributed by atoms with Crippen molar-refractivity contribution in [2.75, 3.05) is 16.9 Å².